The normalized spacial score (nSPS) is 15.1. The summed E-state index contributed by atoms with van der Waals surface area (Å²) in [7, 11) is 0. The van der Waals surface area contributed by atoms with Crippen LogP contribution in [0.5, 0.6) is 0 Å². The lowest BCUT2D eigenvalue weighted by molar-refractivity contribution is 0.0684. The second-order valence-electron chi connectivity index (χ2n) is 7.82. The molecule has 2 N–H and O–H groups in total. The Kier molecular flexibility index (Phi) is 5.05. The molecular formula is C22H20BrFN6O. The number of piperidine rings is 1. The topological polar surface area (TPSA) is 89.4 Å². The molecular weight excluding hydrogens is 463 g/mol. The van der Waals surface area contributed by atoms with Crippen LogP contribution >= 0.6 is 15.9 Å². The number of aromatic nitrogens is 4. The molecule has 9 heteroatoms. The summed E-state index contributed by atoms with van der Waals surface area (Å²) < 4.78 is 16.5. The molecule has 1 saturated heterocycles. The summed E-state index contributed by atoms with van der Waals surface area (Å²) in [5.74, 6) is 0.169. The van der Waals surface area contributed by atoms with Gasteiger partial charge in [0.25, 0.3) is 5.91 Å². The predicted octanol–water partition coefficient (Wildman–Crippen LogP) is 3.86. The Balaban J connectivity index is 1.31. The predicted molar refractivity (Wildman–Crippen MR) is 119 cm³/mol. The van der Waals surface area contributed by atoms with Crippen LogP contribution in [0, 0.1) is 11.7 Å². The van der Waals surface area contributed by atoms with E-state index in [1.54, 1.807) is 28.7 Å². The maximum absolute atomic E-state index is 14.1. The summed E-state index contributed by atoms with van der Waals surface area (Å²) in [6.07, 6.45) is 4.42. The van der Waals surface area contributed by atoms with Gasteiger partial charge >= 0.3 is 0 Å². The van der Waals surface area contributed by atoms with Gasteiger partial charge in [0.1, 0.15) is 27.3 Å². The molecule has 4 aromatic rings. The lowest BCUT2D eigenvalue weighted by Gasteiger charge is -2.31. The number of carbonyl (C=O) groups is 1. The molecule has 0 atom stereocenters. The van der Waals surface area contributed by atoms with Crippen molar-refractivity contribution in [2.24, 2.45) is 5.92 Å². The van der Waals surface area contributed by atoms with Crippen molar-refractivity contribution in [2.75, 3.05) is 18.8 Å². The summed E-state index contributed by atoms with van der Waals surface area (Å²) in [5.41, 5.74) is 8.24. The van der Waals surface area contributed by atoms with E-state index in [9.17, 15) is 9.18 Å². The van der Waals surface area contributed by atoms with Gasteiger partial charge in [0, 0.05) is 24.7 Å². The van der Waals surface area contributed by atoms with Crippen molar-refractivity contribution in [3.05, 3.63) is 64.4 Å². The van der Waals surface area contributed by atoms with Crippen LogP contribution in [0.15, 0.2) is 47.2 Å². The van der Waals surface area contributed by atoms with Crippen molar-refractivity contribution in [1.82, 2.24) is 24.3 Å². The molecule has 0 saturated carbocycles. The van der Waals surface area contributed by atoms with Crippen LogP contribution in [0.2, 0.25) is 0 Å². The maximum atomic E-state index is 14.1. The first-order chi connectivity index (χ1) is 15.0. The van der Waals surface area contributed by atoms with Gasteiger partial charge in [-0.3, -0.25) is 9.20 Å². The molecule has 1 fully saturated rings. The summed E-state index contributed by atoms with van der Waals surface area (Å²) in [5, 5.41) is 0.641. The van der Waals surface area contributed by atoms with Crippen LogP contribution in [-0.2, 0) is 6.42 Å². The summed E-state index contributed by atoms with van der Waals surface area (Å²) in [6.45, 7) is 1.37. The fraction of sp³-hybridized carbons (Fsp3) is 0.273. The minimum atomic E-state index is -0.409. The number of nitrogens with zero attached hydrogens (tertiary/aromatic N) is 5. The molecule has 1 aliphatic rings. The molecule has 0 bridgehead atoms. The number of anilines is 1. The molecule has 1 amide bonds. The summed E-state index contributed by atoms with van der Waals surface area (Å²) >= 11 is 3.31. The average Bonchev–Trinajstić information content (AvgIpc) is 3.19. The zero-order valence-electron chi connectivity index (χ0n) is 16.6. The second-order valence-corrected chi connectivity index (χ2v) is 8.63. The van der Waals surface area contributed by atoms with Crippen molar-refractivity contribution in [3.63, 3.8) is 0 Å². The first-order valence-electron chi connectivity index (χ1n) is 10.1. The van der Waals surface area contributed by atoms with E-state index in [1.807, 2.05) is 17.2 Å². The zero-order valence-corrected chi connectivity index (χ0v) is 18.2. The second kappa shape index (κ2) is 7.88. The monoisotopic (exact) mass is 482 g/mol. The largest absolute Gasteiger partial charge is 0.369 e. The highest BCUT2D eigenvalue weighted by atomic mass is 79.9. The first kappa shape index (κ1) is 19.9. The molecule has 7 nitrogen and oxygen atoms in total. The van der Waals surface area contributed by atoms with E-state index in [1.165, 1.54) is 6.07 Å². The van der Waals surface area contributed by atoms with Crippen LogP contribution < -0.4 is 5.73 Å². The number of halogens is 2. The summed E-state index contributed by atoms with van der Waals surface area (Å²) in [6, 6.07) is 10.2. The Hall–Kier alpha value is -3.07. The van der Waals surface area contributed by atoms with Gasteiger partial charge in [0.05, 0.1) is 5.69 Å². The van der Waals surface area contributed by atoms with Gasteiger partial charge in [-0.2, -0.15) is 0 Å². The highest BCUT2D eigenvalue weighted by molar-refractivity contribution is 9.10. The standard InChI is InChI=1S/C22H20BrFN6O/c23-18-6-2-5-17(27-18)21(31)29-9-7-13(8-10-29)11-14-12-30-20(26-14)15-3-1-4-16(24)19(15)28-22(30)25/h1-6,12-13H,7-11H2,(H2,25,28). The molecule has 1 aliphatic heterocycles. The van der Waals surface area contributed by atoms with E-state index in [0.717, 1.165) is 25.0 Å². The van der Waals surface area contributed by atoms with E-state index >= 15 is 0 Å². The Bertz CT molecular complexity index is 1300. The number of amides is 1. The van der Waals surface area contributed by atoms with Gasteiger partial charge < -0.3 is 10.6 Å². The SMILES string of the molecule is Nc1nc2c(F)cccc2c2nc(CC3CCN(C(=O)c4cccc(Br)n4)CC3)cn12. The lowest BCUT2D eigenvalue weighted by atomic mass is 9.92. The fourth-order valence-electron chi connectivity index (χ4n) is 4.20. The molecule has 0 aliphatic carbocycles. The number of likely N-dealkylation sites (tertiary alicyclic amines) is 1. The summed E-state index contributed by atoms with van der Waals surface area (Å²) in [4.78, 5) is 27.7. The van der Waals surface area contributed by atoms with Crippen molar-refractivity contribution in [3.8, 4) is 0 Å². The number of carbonyl (C=O) groups excluding carboxylic acids is 1. The van der Waals surface area contributed by atoms with Crippen LogP contribution in [-0.4, -0.2) is 43.2 Å². The third-order valence-corrected chi connectivity index (χ3v) is 6.23. The number of pyridine rings is 1. The number of rotatable bonds is 3. The van der Waals surface area contributed by atoms with Gasteiger partial charge in [-0.1, -0.05) is 12.1 Å². The van der Waals surface area contributed by atoms with Crippen molar-refractivity contribution in [1.29, 1.82) is 0 Å². The van der Waals surface area contributed by atoms with Crippen LogP contribution in [0.3, 0.4) is 0 Å². The molecule has 0 radical (unpaired) electrons. The number of benzene rings is 1. The molecule has 0 spiro atoms. The zero-order chi connectivity index (χ0) is 21.5. The van der Waals surface area contributed by atoms with E-state index in [2.05, 4.69) is 25.9 Å². The van der Waals surface area contributed by atoms with E-state index in [-0.39, 0.29) is 17.4 Å². The van der Waals surface area contributed by atoms with Gasteiger partial charge in [0.15, 0.2) is 0 Å². The van der Waals surface area contributed by atoms with Gasteiger partial charge in [-0.25, -0.2) is 19.3 Å². The smallest absolute Gasteiger partial charge is 0.272 e. The van der Waals surface area contributed by atoms with Crippen LogP contribution in [0.1, 0.15) is 29.0 Å². The van der Waals surface area contributed by atoms with Gasteiger partial charge in [0.2, 0.25) is 5.95 Å². The minimum absolute atomic E-state index is 0.0418. The Labute approximate surface area is 186 Å². The number of nitrogen functional groups attached to an aromatic ring is 1. The number of nitrogens with two attached hydrogens (primary N) is 1. The maximum Gasteiger partial charge on any atom is 0.272 e. The van der Waals surface area contributed by atoms with E-state index in [0.29, 0.717) is 40.3 Å². The Morgan fingerprint density at radius 1 is 1.13 bits per heavy atom. The molecule has 5 rings (SSSR count). The van der Waals surface area contributed by atoms with Crippen molar-refractivity contribution < 1.29 is 9.18 Å². The van der Waals surface area contributed by atoms with E-state index < -0.39 is 5.82 Å². The quantitative estimate of drug-likeness (QED) is 0.447. The first-order valence-corrected chi connectivity index (χ1v) is 10.9. The Morgan fingerprint density at radius 3 is 2.68 bits per heavy atom. The highest BCUT2D eigenvalue weighted by Crippen LogP contribution is 2.26. The van der Waals surface area contributed by atoms with Crippen molar-refractivity contribution in [2.45, 2.75) is 19.3 Å². The van der Waals surface area contributed by atoms with Gasteiger partial charge in [-0.15, -0.1) is 0 Å². The number of para-hydroxylation sites is 1. The number of hydrogen-bond acceptors (Lipinski definition) is 5. The molecule has 158 valence electrons. The van der Waals surface area contributed by atoms with E-state index in [4.69, 9.17) is 10.7 Å². The molecule has 1 aromatic carbocycles. The lowest BCUT2D eigenvalue weighted by Crippen LogP contribution is -2.39. The molecule has 0 unspecified atom stereocenters. The minimum Gasteiger partial charge on any atom is -0.369 e. The third-order valence-electron chi connectivity index (χ3n) is 5.79. The van der Waals surface area contributed by atoms with Crippen LogP contribution in [0.25, 0.3) is 16.6 Å². The van der Waals surface area contributed by atoms with Crippen molar-refractivity contribution >= 4 is 44.3 Å². The van der Waals surface area contributed by atoms with Crippen LogP contribution in [0.4, 0.5) is 10.3 Å². The third kappa shape index (κ3) is 3.74. The number of imidazole rings is 1. The average molecular weight is 483 g/mol. The fourth-order valence-corrected chi connectivity index (χ4v) is 4.54. The molecule has 31 heavy (non-hydrogen) atoms. The molecule has 3 aromatic heterocycles. The number of fused-ring (bicyclic) bond motifs is 3. The molecule has 4 heterocycles. The van der Waals surface area contributed by atoms with Gasteiger partial charge in [-0.05, 0) is 65.4 Å². The number of hydrogen-bond donors (Lipinski definition) is 1. The highest BCUT2D eigenvalue weighted by Gasteiger charge is 2.25. The Morgan fingerprint density at radius 2 is 1.90 bits per heavy atom.